The first-order chi connectivity index (χ1) is 21.8. The van der Waals surface area contributed by atoms with Crippen molar-refractivity contribution in [3.8, 4) is 0 Å². The zero-order chi connectivity index (χ0) is 36.5. The molecule has 3 amide bonds. The van der Waals surface area contributed by atoms with Crippen LogP contribution in [0.5, 0.6) is 0 Å². The highest BCUT2D eigenvalue weighted by atomic mass is 16.6. The van der Waals surface area contributed by atoms with E-state index in [9.17, 15) is 28.8 Å². The van der Waals surface area contributed by atoms with Crippen molar-refractivity contribution in [2.75, 3.05) is 14.1 Å². The summed E-state index contributed by atoms with van der Waals surface area (Å²) in [6.45, 7) is 21.3. The molecule has 0 radical (unpaired) electrons. The molecule has 1 N–H and O–H groups in total. The molecular weight excluding hydrogens is 606 g/mol. The molecule has 0 aromatic heterocycles. The van der Waals surface area contributed by atoms with Crippen molar-refractivity contribution in [3.63, 3.8) is 0 Å². The van der Waals surface area contributed by atoms with E-state index in [1.807, 2.05) is 20.8 Å². The van der Waals surface area contributed by atoms with E-state index in [1.54, 1.807) is 62.3 Å². The van der Waals surface area contributed by atoms with E-state index in [0.717, 1.165) is 0 Å². The number of rotatable bonds is 9. The van der Waals surface area contributed by atoms with Gasteiger partial charge in [-0.1, -0.05) is 83.1 Å². The molecule has 0 aromatic rings. The molecule has 1 saturated heterocycles. The second kappa shape index (κ2) is 18.4. The average Bonchev–Trinajstić information content (AvgIpc) is 3.00. The van der Waals surface area contributed by atoms with Gasteiger partial charge >= 0.3 is 17.9 Å². The van der Waals surface area contributed by atoms with Gasteiger partial charge in [0, 0.05) is 31.8 Å². The van der Waals surface area contributed by atoms with Crippen molar-refractivity contribution >= 4 is 35.6 Å². The lowest BCUT2D eigenvalue weighted by atomic mass is 9.95. The summed E-state index contributed by atoms with van der Waals surface area (Å²) in [5, 5.41) is 2.72. The van der Waals surface area contributed by atoms with Crippen molar-refractivity contribution in [3.05, 3.63) is 0 Å². The zero-order valence-electron chi connectivity index (χ0n) is 31.1. The van der Waals surface area contributed by atoms with Gasteiger partial charge in [-0.2, -0.15) is 0 Å². The van der Waals surface area contributed by atoms with E-state index in [2.05, 4.69) is 5.32 Å². The van der Waals surface area contributed by atoms with Crippen LogP contribution < -0.4 is 5.32 Å². The van der Waals surface area contributed by atoms with E-state index in [0.29, 0.717) is 19.3 Å². The minimum absolute atomic E-state index is 0.431. The molecule has 1 heterocycles. The molecule has 0 aromatic carbocycles. The lowest BCUT2D eigenvalue weighted by Crippen LogP contribution is -2.58. The first-order valence-corrected chi connectivity index (χ1v) is 17.2. The van der Waals surface area contributed by atoms with Gasteiger partial charge in [-0.05, 0) is 37.0 Å². The van der Waals surface area contributed by atoms with Gasteiger partial charge in [-0.15, -0.1) is 0 Å². The fourth-order valence-electron chi connectivity index (χ4n) is 5.64. The van der Waals surface area contributed by atoms with Crippen LogP contribution in [0.25, 0.3) is 0 Å². The quantitative estimate of drug-likeness (QED) is 0.285. The van der Waals surface area contributed by atoms with Gasteiger partial charge in [0.05, 0.1) is 0 Å². The summed E-state index contributed by atoms with van der Waals surface area (Å²) in [5.74, 6) is -6.90. The van der Waals surface area contributed by atoms with Crippen molar-refractivity contribution in [1.29, 1.82) is 0 Å². The normalized spacial score (nSPS) is 28.4. The first-order valence-electron chi connectivity index (χ1n) is 17.2. The van der Waals surface area contributed by atoms with Crippen molar-refractivity contribution < 1.29 is 43.0 Å². The van der Waals surface area contributed by atoms with Gasteiger partial charge in [0.2, 0.25) is 0 Å². The van der Waals surface area contributed by atoms with Gasteiger partial charge in [-0.3, -0.25) is 14.4 Å². The maximum absolute atomic E-state index is 14.1. The molecule has 1 aliphatic rings. The van der Waals surface area contributed by atoms with Crippen LogP contribution in [-0.2, 0) is 43.0 Å². The summed E-state index contributed by atoms with van der Waals surface area (Å²) in [5.41, 5.74) is 0. The lowest BCUT2D eigenvalue weighted by Gasteiger charge is -2.37. The Kier molecular flexibility index (Phi) is 16.4. The Morgan fingerprint density at radius 1 is 0.532 bits per heavy atom. The van der Waals surface area contributed by atoms with E-state index >= 15 is 0 Å². The van der Waals surface area contributed by atoms with Crippen molar-refractivity contribution in [1.82, 2.24) is 15.1 Å². The van der Waals surface area contributed by atoms with Crippen molar-refractivity contribution in [2.45, 2.75) is 139 Å². The molecule has 9 atom stereocenters. The Bertz CT molecular complexity index is 1110. The molecule has 1 rings (SSSR count). The summed E-state index contributed by atoms with van der Waals surface area (Å²) in [7, 11) is 2.90. The zero-order valence-corrected chi connectivity index (χ0v) is 31.1. The Hall–Kier alpha value is -3.18. The van der Waals surface area contributed by atoms with E-state index in [1.165, 1.54) is 23.9 Å². The first kappa shape index (κ1) is 41.8. The number of nitrogens with zero attached hydrogens (tertiary/aromatic N) is 2. The number of hydrogen-bond acceptors (Lipinski definition) is 9. The third-order valence-corrected chi connectivity index (χ3v) is 9.45. The third-order valence-electron chi connectivity index (χ3n) is 9.45. The Morgan fingerprint density at radius 2 is 0.851 bits per heavy atom. The number of cyclic esters (lactones) is 3. The summed E-state index contributed by atoms with van der Waals surface area (Å²) in [6.07, 6.45) is -2.38. The molecule has 270 valence electrons. The number of hydrogen-bond donors (Lipinski definition) is 1. The molecule has 12 nitrogen and oxygen atoms in total. The maximum Gasteiger partial charge on any atom is 0.329 e. The van der Waals surface area contributed by atoms with Crippen LogP contribution in [0.15, 0.2) is 0 Å². The van der Waals surface area contributed by atoms with E-state index < -0.39 is 108 Å². The highest BCUT2D eigenvalue weighted by molar-refractivity contribution is 5.94. The molecule has 1 fully saturated rings. The van der Waals surface area contributed by atoms with Crippen molar-refractivity contribution in [2.24, 2.45) is 35.5 Å². The Balaban J connectivity index is 3.96. The van der Waals surface area contributed by atoms with Crippen LogP contribution in [0.3, 0.4) is 0 Å². The average molecular weight is 668 g/mol. The van der Waals surface area contributed by atoms with Gasteiger partial charge in [-0.25, -0.2) is 14.4 Å². The Morgan fingerprint density at radius 3 is 1.17 bits per heavy atom. The van der Waals surface area contributed by atoms with Crippen LogP contribution >= 0.6 is 0 Å². The fraction of sp³-hybridized carbons (Fsp3) is 0.829. The minimum atomic E-state index is -1.28. The predicted octanol–water partition coefficient (Wildman–Crippen LogP) is 3.98. The number of carbonyl (C=O) groups is 6. The van der Waals surface area contributed by atoms with E-state index in [-0.39, 0.29) is 0 Å². The van der Waals surface area contributed by atoms with E-state index in [4.69, 9.17) is 14.2 Å². The minimum Gasteiger partial charge on any atom is -0.450 e. The molecule has 0 unspecified atom stereocenters. The number of amides is 3. The van der Waals surface area contributed by atoms with Crippen LogP contribution in [0, 0.1) is 35.5 Å². The molecule has 1 aliphatic heterocycles. The molecule has 0 saturated carbocycles. The largest absolute Gasteiger partial charge is 0.450 e. The molecule has 0 spiro atoms. The van der Waals surface area contributed by atoms with Crippen LogP contribution in [0.2, 0.25) is 0 Å². The number of nitrogens with one attached hydrogen (secondary N) is 1. The number of ether oxygens (including phenoxy) is 3. The summed E-state index contributed by atoms with van der Waals surface area (Å²) < 4.78 is 17.6. The smallest absolute Gasteiger partial charge is 0.329 e. The fourth-order valence-corrected chi connectivity index (χ4v) is 5.64. The SMILES string of the molecule is CC[C@H](C)[C@H]1OC(=O)[C@H](C(C)C)N(C)C(=O)[C@@H]([C@@H](C)CC)OC(=O)[C@H](C(C)C)N(C)C(=O)[C@@H]([C@@H](C)CC)OC(=O)[C@H](C(C)C)NC1=O. The third kappa shape index (κ3) is 10.4. The highest BCUT2D eigenvalue weighted by Crippen LogP contribution is 2.25. The topological polar surface area (TPSA) is 149 Å². The molecule has 0 aliphatic carbocycles. The standard InChI is InChI=1S/C35H61N3O9/c1-15-21(10)27-30(39)36-24(18(4)5)33(42)46-28(22(11)16-2)31(40)38(14)26(20(8)9)35(44)47-29(23(12)17-3)32(41)37(13)25(19(6)7)34(43)45-27/h18-29H,15-17H2,1-14H3,(H,36,39)/t21-,22-,23-,24-,25-,26-,27+,28+,29+/m0/s1. The molecule has 0 bridgehead atoms. The van der Waals surface area contributed by atoms with Crippen LogP contribution in [-0.4, -0.2) is 96.0 Å². The molecular formula is C35H61N3O9. The van der Waals surface area contributed by atoms with Gasteiger partial charge in [0.1, 0.15) is 18.1 Å². The summed E-state index contributed by atoms with van der Waals surface area (Å²) >= 11 is 0. The summed E-state index contributed by atoms with van der Waals surface area (Å²) in [6, 6.07) is -3.39. The van der Waals surface area contributed by atoms with Gasteiger partial charge < -0.3 is 29.3 Å². The Labute approximate surface area is 282 Å². The van der Waals surface area contributed by atoms with Crippen LogP contribution in [0.4, 0.5) is 0 Å². The second-order valence-electron chi connectivity index (χ2n) is 14.2. The predicted molar refractivity (Wildman–Crippen MR) is 178 cm³/mol. The maximum atomic E-state index is 14.1. The molecule has 47 heavy (non-hydrogen) atoms. The number of likely N-dealkylation sites (N-methyl/N-ethyl adjacent to an activating group) is 2. The van der Waals surface area contributed by atoms with Crippen LogP contribution in [0.1, 0.15) is 102 Å². The highest BCUT2D eigenvalue weighted by Gasteiger charge is 2.44. The summed E-state index contributed by atoms with van der Waals surface area (Å²) in [4.78, 5) is 85.6. The lowest BCUT2D eigenvalue weighted by molar-refractivity contribution is -0.179. The number of carbonyl (C=O) groups excluding carboxylic acids is 6. The van der Waals surface area contributed by atoms with Gasteiger partial charge in [0.15, 0.2) is 18.3 Å². The monoisotopic (exact) mass is 667 g/mol. The van der Waals surface area contributed by atoms with Gasteiger partial charge in [0.25, 0.3) is 17.7 Å². The molecule has 12 heteroatoms. The second-order valence-corrected chi connectivity index (χ2v) is 14.2. The number of esters is 3.